The Hall–Kier alpha value is -3.65. The zero-order valence-electron chi connectivity index (χ0n) is 22.0. The number of sulfonamides is 1. The smallest absolute Gasteiger partial charge is 0.264 e. The van der Waals surface area contributed by atoms with Crippen LogP contribution in [0.3, 0.4) is 0 Å². The molecule has 0 fully saturated rings. The monoisotopic (exact) mass is 521 g/mol. The summed E-state index contributed by atoms with van der Waals surface area (Å²) in [5.74, 6) is -0.783. The molecule has 0 bridgehead atoms. The first-order chi connectivity index (χ1) is 17.5. The second-order valence-corrected chi connectivity index (χ2v) is 11.4. The number of nitrogens with one attached hydrogen (secondary N) is 1. The zero-order valence-corrected chi connectivity index (χ0v) is 22.8. The van der Waals surface area contributed by atoms with Gasteiger partial charge >= 0.3 is 0 Å². The fraction of sp³-hybridized carbons (Fsp3) is 0.310. The Morgan fingerprint density at radius 3 is 1.89 bits per heavy atom. The van der Waals surface area contributed by atoms with Gasteiger partial charge in [-0.15, -0.1) is 0 Å². The number of amides is 2. The van der Waals surface area contributed by atoms with Crippen LogP contribution in [0.5, 0.6) is 0 Å². The van der Waals surface area contributed by atoms with Crippen molar-refractivity contribution in [2.24, 2.45) is 0 Å². The molecule has 0 aromatic heterocycles. The summed E-state index contributed by atoms with van der Waals surface area (Å²) in [7, 11) is -4.06. The number of carbonyl (C=O) groups excluding carboxylic acids is 2. The molecule has 0 spiro atoms. The minimum atomic E-state index is -4.06. The average molecular weight is 522 g/mol. The van der Waals surface area contributed by atoms with Gasteiger partial charge in [-0.2, -0.15) is 0 Å². The molecule has 196 valence electrons. The topological polar surface area (TPSA) is 86.8 Å². The van der Waals surface area contributed by atoms with Crippen molar-refractivity contribution in [2.45, 2.75) is 58.1 Å². The maximum atomic E-state index is 13.8. The normalized spacial score (nSPS) is 12.2. The summed E-state index contributed by atoms with van der Waals surface area (Å²) < 4.78 is 28.6. The third-order valence-electron chi connectivity index (χ3n) is 6.00. The first kappa shape index (κ1) is 27.9. The zero-order chi connectivity index (χ0) is 27.2. The number of benzene rings is 3. The Labute approximate surface area is 220 Å². The molecule has 1 atom stereocenters. The van der Waals surface area contributed by atoms with Gasteiger partial charge in [0.1, 0.15) is 12.6 Å². The van der Waals surface area contributed by atoms with E-state index < -0.39 is 28.5 Å². The average Bonchev–Trinajstić information content (AvgIpc) is 2.86. The Morgan fingerprint density at radius 1 is 0.811 bits per heavy atom. The van der Waals surface area contributed by atoms with Gasteiger partial charge in [0.15, 0.2) is 0 Å². The molecule has 1 N–H and O–H groups in total. The quantitative estimate of drug-likeness (QED) is 0.427. The van der Waals surface area contributed by atoms with Crippen molar-refractivity contribution in [3.63, 3.8) is 0 Å². The van der Waals surface area contributed by atoms with Crippen LogP contribution in [-0.2, 0) is 26.2 Å². The molecule has 0 saturated heterocycles. The fourth-order valence-electron chi connectivity index (χ4n) is 3.84. The second kappa shape index (κ2) is 12.1. The lowest BCUT2D eigenvalue weighted by atomic mass is 10.1. The summed E-state index contributed by atoms with van der Waals surface area (Å²) in [6.45, 7) is 8.92. The molecule has 7 nitrogen and oxygen atoms in total. The molecular weight excluding hydrogens is 486 g/mol. The Morgan fingerprint density at radius 2 is 1.35 bits per heavy atom. The van der Waals surface area contributed by atoms with Crippen molar-refractivity contribution in [1.29, 1.82) is 0 Å². The summed E-state index contributed by atoms with van der Waals surface area (Å²) in [4.78, 5) is 28.2. The van der Waals surface area contributed by atoms with Crippen LogP contribution in [0.1, 0.15) is 37.5 Å². The van der Waals surface area contributed by atoms with Crippen LogP contribution in [0.4, 0.5) is 5.69 Å². The molecule has 37 heavy (non-hydrogen) atoms. The van der Waals surface area contributed by atoms with Crippen molar-refractivity contribution >= 4 is 27.5 Å². The first-order valence-electron chi connectivity index (χ1n) is 12.3. The summed E-state index contributed by atoms with van der Waals surface area (Å²) in [5.41, 5.74) is 3.21. The van der Waals surface area contributed by atoms with E-state index in [1.54, 1.807) is 49.4 Å². The van der Waals surface area contributed by atoms with Crippen LogP contribution in [-0.4, -0.2) is 43.8 Å². The van der Waals surface area contributed by atoms with Gasteiger partial charge in [0, 0.05) is 12.6 Å². The molecule has 3 rings (SSSR count). The van der Waals surface area contributed by atoms with Crippen molar-refractivity contribution in [1.82, 2.24) is 10.2 Å². The van der Waals surface area contributed by atoms with E-state index in [0.29, 0.717) is 5.69 Å². The van der Waals surface area contributed by atoms with Crippen LogP contribution in [0.15, 0.2) is 83.8 Å². The first-order valence-corrected chi connectivity index (χ1v) is 13.7. The third-order valence-corrected chi connectivity index (χ3v) is 7.79. The molecule has 3 aromatic rings. The van der Waals surface area contributed by atoms with E-state index in [4.69, 9.17) is 0 Å². The van der Waals surface area contributed by atoms with Gasteiger partial charge in [-0.25, -0.2) is 8.42 Å². The number of hydrogen-bond donors (Lipinski definition) is 1. The van der Waals surface area contributed by atoms with Crippen molar-refractivity contribution < 1.29 is 18.0 Å². The molecule has 3 aromatic carbocycles. The Kier molecular flexibility index (Phi) is 9.10. The van der Waals surface area contributed by atoms with E-state index in [0.717, 1.165) is 21.0 Å². The molecule has 0 heterocycles. The Bertz CT molecular complexity index is 1310. The lowest BCUT2D eigenvalue weighted by Crippen LogP contribution is -2.52. The summed E-state index contributed by atoms with van der Waals surface area (Å²) in [6.07, 6.45) is 0. The number of rotatable bonds is 10. The minimum Gasteiger partial charge on any atom is -0.352 e. The molecule has 2 amide bonds. The maximum absolute atomic E-state index is 13.8. The van der Waals surface area contributed by atoms with Gasteiger partial charge in [-0.1, -0.05) is 65.7 Å². The van der Waals surface area contributed by atoms with Crippen molar-refractivity contribution in [2.75, 3.05) is 10.8 Å². The molecule has 1 unspecified atom stereocenters. The van der Waals surface area contributed by atoms with Gasteiger partial charge in [0.25, 0.3) is 10.0 Å². The van der Waals surface area contributed by atoms with Gasteiger partial charge in [0.2, 0.25) is 11.8 Å². The number of anilines is 1. The number of aryl methyl sites for hydroxylation is 2. The van der Waals surface area contributed by atoms with Crippen LogP contribution in [0.25, 0.3) is 0 Å². The van der Waals surface area contributed by atoms with E-state index in [2.05, 4.69) is 5.32 Å². The summed E-state index contributed by atoms with van der Waals surface area (Å²) in [5, 5.41) is 2.85. The molecule has 0 aliphatic heterocycles. The molecule has 0 radical (unpaired) electrons. The number of nitrogens with zero attached hydrogens (tertiary/aromatic N) is 2. The van der Waals surface area contributed by atoms with Crippen molar-refractivity contribution in [3.8, 4) is 0 Å². The van der Waals surface area contributed by atoms with Crippen LogP contribution in [0, 0.1) is 13.8 Å². The second-order valence-electron chi connectivity index (χ2n) is 9.51. The number of carbonyl (C=O) groups is 2. The predicted molar refractivity (Wildman–Crippen MR) is 147 cm³/mol. The van der Waals surface area contributed by atoms with Gasteiger partial charge in [-0.3, -0.25) is 13.9 Å². The number of hydrogen-bond acceptors (Lipinski definition) is 4. The van der Waals surface area contributed by atoms with Gasteiger partial charge < -0.3 is 10.2 Å². The van der Waals surface area contributed by atoms with E-state index in [1.165, 1.54) is 17.0 Å². The lowest BCUT2D eigenvalue weighted by Gasteiger charge is -2.32. The van der Waals surface area contributed by atoms with E-state index >= 15 is 0 Å². The highest BCUT2D eigenvalue weighted by Crippen LogP contribution is 2.24. The molecule has 0 aliphatic carbocycles. The number of para-hydroxylation sites is 1. The third kappa shape index (κ3) is 7.20. The SMILES string of the molecule is Cc1ccc(CN(C(=O)CN(c2ccccc2)S(=O)(=O)c2ccc(C)cc2)C(C)C(=O)NC(C)C)cc1. The van der Waals surface area contributed by atoms with Crippen LogP contribution >= 0.6 is 0 Å². The molecule has 0 saturated carbocycles. The van der Waals surface area contributed by atoms with E-state index in [-0.39, 0.29) is 23.4 Å². The van der Waals surface area contributed by atoms with Gasteiger partial charge in [-0.05, 0) is 64.4 Å². The highest BCUT2D eigenvalue weighted by atomic mass is 32.2. The standard InChI is InChI=1S/C29H35N3O4S/c1-21(2)30-29(34)24(5)31(19-25-15-11-22(3)12-16-25)28(33)20-32(26-9-7-6-8-10-26)37(35,36)27-17-13-23(4)14-18-27/h6-18,21,24H,19-20H2,1-5H3,(H,30,34). The molecular formula is C29H35N3O4S. The van der Waals surface area contributed by atoms with Crippen LogP contribution < -0.4 is 9.62 Å². The highest BCUT2D eigenvalue weighted by Gasteiger charge is 2.32. The summed E-state index contributed by atoms with van der Waals surface area (Å²) >= 11 is 0. The van der Waals surface area contributed by atoms with Gasteiger partial charge in [0.05, 0.1) is 10.6 Å². The fourth-order valence-corrected chi connectivity index (χ4v) is 5.25. The van der Waals surface area contributed by atoms with E-state index in [9.17, 15) is 18.0 Å². The Balaban J connectivity index is 1.99. The molecule has 0 aliphatic rings. The minimum absolute atomic E-state index is 0.0884. The lowest BCUT2D eigenvalue weighted by molar-refractivity contribution is -0.139. The maximum Gasteiger partial charge on any atom is 0.264 e. The predicted octanol–water partition coefficient (Wildman–Crippen LogP) is 4.44. The summed E-state index contributed by atoms with van der Waals surface area (Å²) in [6, 6.07) is 21.8. The van der Waals surface area contributed by atoms with E-state index in [1.807, 2.05) is 52.0 Å². The van der Waals surface area contributed by atoms with Crippen molar-refractivity contribution in [3.05, 3.63) is 95.6 Å². The molecule has 8 heteroatoms. The largest absolute Gasteiger partial charge is 0.352 e. The van der Waals surface area contributed by atoms with Crippen LogP contribution in [0.2, 0.25) is 0 Å². The highest BCUT2D eigenvalue weighted by molar-refractivity contribution is 7.92.